The van der Waals surface area contributed by atoms with E-state index in [0.29, 0.717) is 25.9 Å². The number of amides is 1. The lowest BCUT2D eigenvalue weighted by molar-refractivity contribution is -0.140. The van der Waals surface area contributed by atoms with Crippen LogP contribution in [0, 0.1) is 0 Å². The number of carboxylic acids is 1. The molecule has 1 atom stereocenters. The van der Waals surface area contributed by atoms with Crippen molar-refractivity contribution < 1.29 is 19.4 Å². The molecule has 1 heterocycles. The van der Waals surface area contributed by atoms with Gasteiger partial charge in [-0.2, -0.15) is 0 Å². The molecule has 0 saturated carbocycles. The summed E-state index contributed by atoms with van der Waals surface area (Å²) < 4.78 is 5.61. The van der Waals surface area contributed by atoms with E-state index in [1.165, 1.54) is 0 Å². The summed E-state index contributed by atoms with van der Waals surface area (Å²) >= 11 is 0. The normalized spacial score (nSPS) is 17.5. The van der Waals surface area contributed by atoms with Crippen LogP contribution in [0.4, 0.5) is 0 Å². The number of carbonyl (C=O) groups is 2. The second-order valence-electron chi connectivity index (χ2n) is 6.21. The van der Waals surface area contributed by atoms with Gasteiger partial charge in [-0.05, 0) is 50.7 Å². The smallest absolute Gasteiger partial charge is 0.303 e. The maximum atomic E-state index is 12.6. The van der Waals surface area contributed by atoms with Gasteiger partial charge in [0, 0.05) is 25.4 Å². The highest BCUT2D eigenvalue weighted by atomic mass is 16.5. The summed E-state index contributed by atoms with van der Waals surface area (Å²) in [6, 6.07) is 7.89. The van der Waals surface area contributed by atoms with Gasteiger partial charge in [0.1, 0.15) is 5.75 Å². The SMILES string of the molecule is CCOc1ccccc1CCC(=O)N1CCCC[C@H]1CCC(=O)O. The lowest BCUT2D eigenvalue weighted by Gasteiger charge is -2.36. The van der Waals surface area contributed by atoms with Gasteiger partial charge in [0.25, 0.3) is 0 Å². The molecule has 0 radical (unpaired) electrons. The van der Waals surface area contributed by atoms with E-state index in [-0.39, 0.29) is 18.4 Å². The van der Waals surface area contributed by atoms with Crippen LogP contribution >= 0.6 is 0 Å². The average Bonchev–Trinajstić information content (AvgIpc) is 2.59. The van der Waals surface area contributed by atoms with E-state index in [2.05, 4.69) is 0 Å². The minimum absolute atomic E-state index is 0.0736. The lowest BCUT2D eigenvalue weighted by atomic mass is 9.97. The Labute approximate surface area is 143 Å². The Kier molecular flexibility index (Phi) is 7.09. The summed E-state index contributed by atoms with van der Waals surface area (Å²) in [6.07, 6.45) is 4.75. The van der Waals surface area contributed by atoms with E-state index in [0.717, 1.165) is 37.1 Å². The quantitative estimate of drug-likeness (QED) is 0.793. The van der Waals surface area contributed by atoms with Crippen molar-refractivity contribution in [3.05, 3.63) is 29.8 Å². The van der Waals surface area contributed by atoms with Gasteiger partial charge in [-0.1, -0.05) is 18.2 Å². The molecule has 0 unspecified atom stereocenters. The topological polar surface area (TPSA) is 66.8 Å². The zero-order valence-corrected chi connectivity index (χ0v) is 14.4. The number of likely N-dealkylation sites (tertiary alicyclic amines) is 1. The van der Waals surface area contributed by atoms with Crippen LogP contribution < -0.4 is 4.74 Å². The Balaban J connectivity index is 1.93. The number of benzene rings is 1. The number of piperidine rings is 1. The largest absolute Gasteiger partial charge is 0.494 e. The molecule has 1 N–H and O–H groups in total. The summed E-state index contributed by atoms with van der Waals surface area (Å²) in [5.41, 5.74) is 1.05. The molecule has 0 bridgehead atoms. The van der Waals surface area contributed by atoms with E-state index in [4.69, 9.17) is 9.84 Å². The van der Waals surface area contributed by atoms with Crippen LogP contribution in [-0.2, 0) is 16.0 Å². The van der Waals surface area contributed by atoms with Crippen LogP contribution in [0.15, 0.2) is 24.3 Å². The first-order valence-corrected chi connectivity index (χ1v) is 8.83. The molecular weight excluding hydrogens is 306 g/mol. The van der Waals surface area contributed by atoms with Crippen molar-refractivity contribution in [2.45, 2.75) is 57.9 Å². The van der Waals surface area contributed by atoms with Crippen molar-refractivity contribution >= 4 is 11.9 Å². The van der Waals surface area contributed by atoms with E-state index >= 15 is 0 Å². The number of rotatable bonds is 8. The van der Waals surface area contributed by atoms with Gasteiger partial charge in [0.2, 0.25) is 5.91 Å². The molecule has 1 aliphatic rings. The predicted octanol–water partition coefficient (Wildman–Crippen LogP) is 3.26. The van der Waals surface area contributed by atoms with E-state index < -0.39 is 5.97 Å². The lowest BCUT2D eigenvalue weighted by Crippen LogP contribution is -2.44. The summed E-state index contributed by atoms with van der Waals surface area (Å²) in [5, 5.41) is 8.88. The number of carbonyl (C=O) groups excluding carboxylic acids is 1. The van der Waals surface area contributed by atoms with Gasteiger partial charge in [0.05, 0.1) is 6.61 Å². The number of carboxylic acid groups (broad SMARTS) is 1. The zero-order valence-electron chi connectivity index (χ0n) is 14.4. The number of hydrogen-bond acceptors (Lipinski definition) is 3. The molecule has 24 heavy (non-hydrogen) atoms. The van der Waals surface area contributed by atoms with E-state index in [1.807, 2.05) is 36.1 Å². The number of ether oxygens (including phenoxy) is 1. The first kappa shape index (κ1) is 18.3. The highest BCUT2D eigenvalue weighted by Gasteiger charge is 2.26. The van der Waals surface area contributed by atoms with E-state index in [9.17, 15) is 9.59 Å². The third-order valence-electron chi connectivity index (χ3n) is 4.52. The van der Waals surface area contributed by atoms with Gasteiger partial charge in [0.15, 0.2) is 0 Å². The van der Waals surface area contributed by atoms with Crippen LogP contribution in [0.25, 0.3) is 0 Å². The number of nitrogens with zero attached hydrogens (tertiary/aromatic N) is 1. The maximum absolute atomic E-state index is 12.6. The van der Waals surface area contributed by atoms with Crippen LogP contribution in [0.3, 0.4) is 0 Å². The molecule has 1 aromatic rings. The Bertz CT molecular complexity index is 558. The first-order valence-electron chi connectivity index (χ1n) is 8.83. The Hall–Kier alpha value is -2.04. The van der Waals surface area contributed by atoms with Crippen molar-refractivity contribution in [3.63, 3.8) is 0 Å². The third kappa shape index (κ3) is 5.25. The van der Waals surface area contributed by atoms with Crippen LogP contribution in [0.2, 0.25) is 0 Å². The summed E-state index contributed by atoms with van der Waals surface area (Å²) in [4.78, 5) is 25.3. The minimum Gasteiger partial charge on any atom is -0.494 e. The fourth-order valence-corrected chi connectivity index (χ4v) is 3.31. The Morgan fingerprint density at radius 1 is 1.25 bits per heavy atom. The molecule has 132 valence electrons. The monoisotopic (exact) mass is 333 g/mol. The van der Waals surface area contributed by atoms with Crippen molar-refractivity contribution in [2.24, 2.45) is 0 Å². The number of aryl methyl sites for hydroxylation is 1. The number of para-hydroxylation sites is 1. The van der Waals surface area contributed by atoms with Gasteiger partial charge >= 0.3 is 5.97 Å². The second-order valence-corrected chi connectivity index (χ2v) is 6.21. The number of hydrogen-bond donors (Lipinski definition) is 1. The Morgan fingerprint density at radius 3 is 2.79 bits per heavy atom. The van der Waals surface area contributed by atoms with Gasteiger partial charge in [-0.3, -0.25) is 9.59 Å². The standard InChI is InChI=1S/C19H27NO4/c1-2-24-17-9-4-3-7-15(17)10-12-18(21)20-14-6-5-8-16(20)11-13-19(22)23/h3-4,7,9,16H,2,5-6,8,10-14H2,1H3,(H,22,23)/t16-/m0/s1. The molecule has 1 aromatic carbocycles. The zero-order chi connectivity index (χ0) is 17.4. The summed E-state index contributed by atoms with van der Waals surface area (Å²) in [7, 11) is 0. The molecule has 1 aliphatic heterocycles. The van der Waals surface area contributed by atoms with Gasteiger partial charge < -0.3 is 14.7 Å². The van der Waals surface area contributed by atoms with Crippen LogP contribution in [-0.4, -0.2) is 41.1 Å². The molecule has 0 spiro atoms. The van der Waals surface area contributed by atoms with Crippen molar-refractivity contribution in [1.82, 2.24) is 4.90 Å². The molecule has 2 rings (SSSR count). The molecule has 0 aliphatic carbocycles. The Morgan fingerprint density at radius 2 is 2.04 bits per heavy atom. The highest BCUT2D eigenvalue weighted by molar-refractivity contribution is 5.77. The average molecular weight is 333 g/mol. The van der Waals surface area contributed by atoms with Gasteiger partial charge in [-0.15, -0.1) is 0 Å². The van der Waals surface area contributed by atoms with Crippen molar-refractivity contribution in [1.29, 1.82) is 0 Å². The fraction of sp³-hybridized carbons (Fsp3) is 0.579. The minimum atomic E-state index is -0.793. The summed E-state index contributed by atoms with van der Waals surface area (Å²) in [5.74, 6) is 0.170. The van der Waals surface area contributed by atoms with Gasteiger partial charge in [-0.25, -0.2) is 0 Å². The predicted molar refractivity (Wildman–Crippen MR) is 92.2 cm³/mol. The molecule has 1 amide bonds. The third-order valence-corrected chi connectivity index (χ3v) is 4.52. The molecule has 1 saturated heterocycles. The molecule has 1 fully saturated rings. The van der Waals surface area contributed by atoms with Crippen LogP contribution in [0.5, 0.6) is 5.75 Å². The fourth-order valence-electron chi connectivity index (χ4n) is 3.31. The highest BCUT2D eigenvalue weighted by Crippen LogP contribution is 2.24. The molecule has 5 heteroatoms. The van der Waals surface area contributed by atoms with Crippen molar-refractivity contribution in [2.75, 3.05) is 13.2 Å². The maximum Gasteiger partial charge on any atom is 0.303 e. The first-order chi connectivity index (χ1) is 11.6. The summed E-state index contributed by atoms with van der Waals surface area (Å²) in [6.45, 7) is 3.30. The van der Waals surface area contributed by atoms with Crippen LogP contribution in [0.1, 0.15) is 51.0 Å². The number of aliphatic carboxylic acids is 1. The second kappa shape index (κ2) is 9.30. The molecule has 0 aromatic heterocycles. The van der Waals surface area contributed by atoms with Crippen molar-refractivity contribution in [3.8, 4) is 5.75 Å². The molecule has 5 nitrogen and oxygen atoms in total. The molecular formula is C19H27NO4. The van der Waals surface area contributed by atoms with E-state index in [1.54, 1.807) is 0 Å².